The topological polar surface area (TPSA) is 70.1 Å². The maximum atomic E-state index is 15.1. The van der Waals surface area contributed by atoms with Gasteiger partial charge in [0.1, 0.15) is 21.9 Å². The minimum absolute atomic E-state index is 0.00268. The molecule has 4 aromatic rings. The highest BCUT2D eigenvalue weighted by Gasteiger charge is 2.25. The van der Waals surface area contributed by atoms with Gasteiger partial charge in [-0.1, -0.05) is 11.6 Å². The molecule has 1 aliphatic heterocycles. The SMILES string of the molecule is O=c1[nH]sc2c1c(=O)c1cc(F)c(N3CCNCC3)c(Cl)c1n2-c1ccc(F)cc1. The van der Waals surface area contributed by atoms with E-state index in [1.165, 1.54) is 24.3 Å². The van der Waals surface area contributed by atoms with E-state index >= 15 is 4.39 Å². The van der Waals surface area contributed by atoms with Gasteiger partial charge in [-0.25, -0.2) is 8.78 Å². The maximum Gasteiger partial charge on any atom is 0.271 e. The predicted octanol–water partition coefficient (Wildman–Crippen LogP) is 3.23. The number of rotatable bonds is 2. The third kappa shape index (κ3) is 2.84. The first-order chi connectivity index (χ1) is 14.5. The normalized spacial score (nSPS) is 14.7. The van der Waals surface area contributed by atoms with Crippen molar-refractivity contribution in [2.45, 2.75) is 0 Å². The van der Waals surface area contributed by atoms with Gasteiger partial charge in [-0.3, -0.25) is 18.5 Å². The van der Waals surface area contributed by atoms with Crippen LogP contribution >= 0.6 is 23.1 Å². The van der Waals surface area contributed by atoms with E-state index in [2.05, 4.69) is 9.69 Å². The van der Waals surface area contributed by atoms with E-state index in [1.54, 1.807) is 4.57 Å². The second-order valence-corrected chi connectivity index (χ2v) is 8.18. The number of anilines is 1. The molecule has 0 radical (unpaired) electrons. The number of H-pyrrole nitrogens is 1. The van der Waals surface area contributed by atoms with Crippen molar-refractivity contribution in [3.8, 4) is 5.69 Å². The standard InChI is InChI=1S/C20H15ClF2N4O2S/c21-15-16-12(9-13(23)17(15)26-7-5-24-6-8-26)18(28)14-19(29)25-30-20(14)27(16)11-3-1-10(22)2-4-11/h1-4,9,24H,5-8H2,(H,25,29). The molecule has 0 unspecified atom stereocenters. The number of piperazine rings is 1. The first-order valence-electron chi connectivity index (χ1n) is 9.27. The van der Waals surface area contributed by atoms with E-state index in [1.807, 2.05) is 4.90 Å². The molecule has 30 heavy (non-hydrogen) atoms. The van der Waals surface area contributed by atoms with Crippen LogP contribution in [0.25, 0.3) is 26.8 Å². The Hall–Kier alpha value is -2.75. The molecule has 5 rings (SSSR count). The Morgan fingerprint density at radius 2 is 1.77 bits per heavy atom. The fourth-order valence-corrected chi connectivity index (χ4v) is 5.16. The lowest BCUT2D eigenvalue weighted by Crippen LogP contribution is -2.44. The molecule has 1 fully saturated rings. The highest BCUT2D eigenvalue weighted by molar-refractivity contribution is 7.12. The number of nitrogens with zero attached hydrogens (tertiary/aromatic N) is 2. The highest BCUT2D eigenvalue weighted by Crippen LogP contribution is 2.38. The third-order valence-corrected chi connectivity index (χ3v) is 6.49. The Morgan fingerprint density at radius 1 is 1.07 bits per heavy atom. The number of aromatic amines is 1. The van der Waals surface area contributed by atoms with Gasteiger partial charge in [0.15, 0.2) is 0 Å². The number of benzene rings is 2. The van der Waals surface area contributed by atoms with Crippen molar-refractivity contribution in [2.24, 2.45) is 0 Å². The van der Waals surface area contributed by atoms with E-state index in [4.69, 9.17) is 11.6 Å². The molecule has 1 saturated heterocycles. The van der Waals surface area contributed by atoms with Crippen LogP contribution in [0.5, 0.6) is 0 Å². The van der Waals surface area contributed by atoms with Crippen LogP contribution in [0.4, 0.5) is 14.5 Å². The molecule has 2 aromatic heterocycles. The van der Waals surface area contributed by atoms with E-state index < -0.39 is 22.6 Å². The number of hydrogen-bond acceptors (Lipinski definition) is 5. The third-order valence-electron chi connectivity index (χ3n) is 5.27. The average molecular weight is 449 g/mol. The van der Waals surface area contributed by atoms with Gasteiger partial charge in [-0.15, -0.1) is 0 Å². The smallest absolute Gasteiger partial charge is 0.271 e. The van der Waals surface area contributed by atoms with Crippen molar-refractivity contribution in [3.63, 3.8) is 0 Å². The summed E-state index contributed by atoms with van der Waals surface area (Å²) in [7, 11) is 0. The van der Waals surface area contributed by atoms with Crippen LogP contribution in [-0.4, -0.2) is 35.1 Å². The van der Waals surface area contributed by atoms with Crippen LogP contribution in [0, 0.1) is 11.6 Å². The van der Waals surface area contributed by atoms with Gasteiger partial charge in [0.2, 0.25) is 5.43 Å². The Balaban J connectivity index is 1.95. The zero-order chi connectivity index (χ0) is 21.0. The summed E-state index contributed by atoms with van der Waals surface area (Å²) in [6.45, 7) is 2.47. The summed E-state index contributed by atoms with van der Waals surface area (Å²) in [6.07, 6.45) is 0. The average Bonchev–Trinajstić information content (AvgIpc) is 3.12. The van der Waals surface area contributed by atoms with Crippen LogP contribution in [0.15, 0.2) is 39.9 Å². The lowest BCUT2D eigenvalue weighted by Gasteiger charge is -2.31. The maximum absolute atomic E-state index is 15.1. The number of nitrogens with one attached hydrogen (secondary N) is 2. The Bertz CT molecular complexity index is 1410. The van der Waals surface area contributed by atoms with Crippen molar-refractivity contribution in [3.05, 3.63) is 67.6 Å². The Kier molecular flexibility index (Phi) is 4.61. The summed E-state index contributed by atoms with van der Waals surface area (Å²) in [5.41, 5.74) is -0.149. The van der Waals surface area contributed by atoms with Crippen molar-refractivity contribution in [1.82, 2.24) is 14.3 Å². The zero-order valence-electron chi connectivity index (χ0n) is 15.5. The predicted molar refractivity (Wildman–Crippen MR) is 116 cm³/mol. The zero-order valence-corrected chi connectivity index (χ0v) is 17.0. The lowest BCUT2D eigenvalue weighted by molar-refractivity contribution is 0.567. The minimum atomic E-state index is -0.622. The molecule has 3 heterocycles. The molecule has 10 heteroatoms. The molecule has 2 aromatic carbocycles. The molecule has 0 amide bonds. The van der Waals surface area contributed by atoms with Crippen LogP contribution < -0.4 is 21.2 Å². The van der Waals surface area contributed by atoms with Gasteiger partial charge < -0.3 is 10.2 Å². The molecule has 1 aliphatic rings. The summed E-state index contributed by atoms with van der Waals surface area (Å²) >= 11 is 7.70. The quantitative estimate of drug-likeness (QED) is 0.494. The lowest BCUT2D eigenvalue weighted by atomic mass is 10.1. The number of hydrogen-bond donors (Lipinski definition) is 2. The van der Waals surface area contributed by atoms with Crippen molar-refractivity contribution >= 4 is 49.9 Å². The molecule has 6 nitrogen and oxygen atoms in total. The first kappa shape index (κ1) is 19.2. The van der Waals surface area contributed by atoms with E-state index in [0.29, 0.717) is 36.7 Å². The molecule has 0 aliphatic carbocycles. The fraction of sp³-hybridized carbons (Fsp3) is 0.200. The van der Waals surface area contributed by atoms with Gasteiger partial charge in [-0.2, -0.15) is 0 Å². The summed E-state index contributed by atoms with van der Waals surface area (Å²) in [5, 5.41) is 3.20. The monoisotopic (exact) mass is 448 g/mol. The van der Waals surface area contributed by atoms with E-state index in [0.717, 1.165) is 17.6 Å². The van der Waals surface area contributed by atoms with Gasteiger partial charge in [-0.05, 0) is 41.9 Å². The van der Waals surface area contributed by atoms with Gasteiger partial charge in [0.05, 0.1) is 21.6 Å². The minimum Gasteiger partial charge on any atom is -0.365 e. The van der Waals surface area contributed by atoms with Crippen molar-refractivity contribution in [1.29, 1.82) is 0 Å². The molecule has 0 bridgehead atoms. The molecular weight excluding hydrogens is 434 g/mol. The van der Waals surface area contributed by atoms with Crippen LogP contribution in [0.3, 0.4) is 0 Å². The molecular formula is C20H15ClF2N4O2S. The van der Waals surface area contributed by atoms with E-state index in [9.17, 15) is 14.0 Å². The van der Waals surface area contributed by atoms with E-state index in [-0.39, 0.29) is 27.0 Å². The number of aromatic nitrogens is 2. The van der Waals surface area contributed by atoms with Crippen LogP contribution in [-0.2, 0) is 0 Å². The van der Waals surface area contributed by atoms with Gasteiger partial charge in [0.25, 0.3) is 5.56 Å². The second-order valence-electron chi connectivity index (χ2n) is 7.01. The largest absolute Gasteiger partial charge is 0.365 e. The Morgan fingerprint density at radius 3 is 2.47 bits per heavy atom. The van der Waals surface area contributed by atoms with Gasteiger partial charge in [0, 0.05) is 31.9 Å². The molecule has 154 valence electrons. The highest BCUT2D eigenvalue weighted by atomic mass is 35.5. The number of fused-ring (bicyclic) bond motifs is 2. The second kappa shape index (κ2) is 7.19. The van der Waals surface area contributed by atoms with Crippen molar-refractivity contribution in [2.75, 3.05) is 31.1 Å². The molecule has 0 atom stereocenters. The summed E-state index contributed by atoms with van der Waals surface area (Å²) in [6, 6.07) is 6.72. The van der Waals surface area contributed by atoms with Crippen molar-refractivity contribution < 1.29 is 8.78 Å². The fourth-order valence-electron chi connectivity index (χ4n) is 3.89. The summed E-state index contributed by atoms with van der Waals surface area (Å²) in [4.78, 5) is 27.5. The first-order valence-corrected chi connectivity index (χ1v) is 10.5. The Labute approximate surface area is 177 Å². The molecule has 0 saturated carbocycles. The summed E-state index contributed by atoms with van der Waals surface area (Å²) < 4.78 is 32.8. The molecule has 0 spiro atoms. The number of halogens is 3. The number of pyridine rings is 1. The van der Waals surface area contributed by atoms with Crippen LogP contribution in [0.2, 0.25) is 5.02 Å². The van der Waals surface area contributed by atoms with Crippen LogP contribution in [0.1, 0.15) is 0 Å². The van der Waals surface area contributed by atoms with Gasteiger partial charge >= 0.3 is 0 Å². The summed E-state index contributed by atoms with van der Waals surface area (Å²) in [5.74, 6) is -1.05. The molecule has 2 N–H and O–H groups in total.